The fourth-order valence-electron chi connectivity index (χ4n) is 2.36. The summed E-state index contributed by atoms with van der Waals surface area (Å²) in [5, 5.41) is 3.78. The quantitative estimate of drug-likeness (QED) is 0.809. The van der Waals surface area contributed by atoms with Crippen LogP contribution in [0.15, 0.2) is 24.3 Å². The van der Waals surface area contributed by atoms with Crippen LogP contribution in [0.5, 0.6) is 0 Å². The Hall–Kier alpha value is -0.870. The van der Waals surface area contributed by atoms with Gasteiger partial charge < -0.3 is 10.1 Å². The molecule has 104 valence electrons. The molecule has 2 rings (SSSR count). The zero-order chi connectivity index (χ0) is 13.7. The van der Waals surface area contributed by atoms with Gasteiger partial charge in [0.05, 0.1) is 6.10 Å². The monoisotopic (exact) mass is 325 g/mol. The Morgan fingerprint density at radius 2 is 2.05 bits per heavy atom. The summed E-state index contributed by atoms with van der Waals surface area (Å²) in [5.41, 5.74) is 2.08. The Balaban J connectivity index is 1.72. The molecule has 1 N–H and O–H groups in total. The van der Waals surface area contributed by atoms with Crippen molar-refractivity contribution in [2.75, 3.05) is 11.9 Å². The lowest BCUT2D eigenvalue weighted by Crippen LogP contribution is -2.33. The summed E-state index contributed by atoms with van der Waals surface area (Å²) in [4.78, 5) is 11.9. The molecule has 0 atom stereocenters. The van der Waals surface area contributed by atoms with Crippen molar-refractivity contribution < 1.29 is 9.53 Å². The van der Waals surface area contributed by atoms with Crippen molar-refractivity contribution in [3.63, 3.8) is 0 Å². The lowest BCUT2D eigenvalue weighted by Gasteiger charge is -2.34. The van der Waals surface area contributed by atoms with Crippen LogP contribution in [0.25, 0.3) is 0 Å². The molecule has 1 amide bonds. The summed E-state index contributed by atoms with van der Waals surface area (Å²) in [6.07, 6.45) is 3.01. The predicted octanol–water partition coefficient (Wildman–Crippen LogP) is 3.73. The number of alkyl halides is 1. The number of anilines is 1. The zero-order valence-electron chi connectivity index (χ0n) is 11.2. The van der Waals surface area contributed by atoms with Gasteiger partial charge in [0.1, 0.15) is 0 Å². The Morgan fingerprint density at radius 3 is 2.63 bits per heavy atom. The molecule has 0 bridgehead atoms. The second kappa shape index (κ2) is 7.06. The largest absolute Gasteiger partial charge is 0.378 e. The number of halogens is 1. The first kappa shape index (κ1) is 14.5. The van der Waals surface area contributed by atoms with E-state index in [0.29, 0.717) is 18.4 Å². The van der Waals surface area contributed by atoms with Crippen LogP contribution < -0.4 is 5.32 Å². The molecule has 0 unspecified atom stereocenters. The van der Waals surface area contributed by atoms with Crippen LogP contribution in [0.1, 0.15) is 31.7 Å². The minimum atomic E-state index is 0.103. The van der Waals surface area contributed by atoms with E-state index in [4.69, 9.17) is 4.74 Å². The minimum Gasteiger partial charge on any atom is -0.378 e. The molecular weight excluding hydrogens is 306 g/mol. The van der Waals surface area contributed by atoms with Gasteiger partial charge in [0.2, 0.25) is 5.91 Å². The smallest absolute Gasteiger partial charge is 0.224 e. The Kier molecular flexibility index (Phi) is 5.40. The highest BCUT2D eigenvalue weighted by Gasteiger charge is 2.30. The summed E-state index contributed by atoms with van der Waals surface area (Å²) < 4.78 is 5.50. The van der Waals surface area contributed by atoms with Crippen molar-refractivity contribution in [2.45, 2.75) is 37.6 Å². The molecular formula is C15H20BrNO2. The van der Waals surface area contributed by atoms with Gasteiger partial charge in [0.15, 0.2) is 0 Å². The van der Waals surface area contributed by atoms with Gasteiger partial charge in [-0.2, -0.15) is 0 Å². The Morgan fingerprint density at radius 1 is 1.37 bits per heavy atom. The van der Waals surface area contributed by atoms with Crippen LogP contribution in [0.2, 0.25) is 0 Å². The third kappa shape index (κ3) is 4.32. The second-order valence-electron chi connectivity index (χ2n) is 5.00. The van der Waals surface area contributed by atoms with E-state index in [2.05, 4.69) is 21.2 Å². The molecule has 0 radical (unpaired) electrons. The van der Waals surface area contributed by atoms with Crippen molar-refractivity contribution in [3.05, 3.63) is 29.8 Å². The number of hydrogen-bond donors (Lipinski definition) is 1. The van der Waals surface area contributed by atoms with E-state index in [9.17, 15) is 4.79 Å². The summed E-state index contributed by atoms with van der Waals surface area (Å²) >= 11 is 3.40. The standard InChI is InChI=1S/C15H20BrNO2/c1-2-19-14-7-12(8-14)9-15(18)17-13-5-3-11(10-16)4-6-13/h3-6,12,14H,2,7-10H2,1H3,(H,17,18). The molecule has 1 aromatic rings. The number of carbonyl (C=O) groups excluding carboxylic acids is 1. The highest BCUT2D eigenvalue weighted by Crippen LogP contribution is 2.32. The van der Waals surface area contributed by atoms with Crippen LogP contribution in [0.3, 0.4) is 0 Å². The SMILES string of the molecule is CCOC1CC(CC(=O)Nc2ccc(CBr)cc2)C1. The summed E-state index contributed by atoms with van der Waals surface area (Å²) in [5.74, 6) is 0.588. The van der Waals surface area contributed by atoms with E-state index in [1.165, 1.54) is 5.56 Å². The number of nitrogens with one attached hydrogen (secondary N) is 1. The first-order valence-electron chi connectivity index (χ1n) is 6.77. The van der Waals surface area contributed by atoms with E-state index in [1.54, 1.807) is 0 Å². The van der Waals surface area contributed by atoms with Gasteiger partial charge in [-0.25, -0.2) is 0 Å². The molecule has 1 aliphatic rings. The molecule has 3 nitrogen and oxygen atoms in total. The highest BCUT2D eigenvalue weighted by molar-refractivity contribution is 9.08. The van der Waals surface area contributed by atoms with E-state index in [0.717, 1.165) is 30.5 Å². The van der Waals surface area contributed by atoms with E-state index >= 15 is 0 Å². The molecule has 0 saturated heterocycles. The number of rotatable bonds is 6. The van der Waals surface area contributed by atoms with Crippen LogP contribution in [0, 0.1) is 5.92 Å². The van der Waals surface area contributed by atoms with E-state index in [1.807, 2.05) is 31.2 Å². The predicted molar refractivity (Wildman–Crippen MR) is 80.5 cm³/mol. The van der Waals surface area contributed by atoms with Gasteiger partial charge in [-0.05, 0) is 43.4 Å². The average molecular weight is 326 g/mol. The number of amides is 1. The molecule has 1 saturated carbocycles. The summed E-state index contributed by atoms with van der Waals surface area (Å²) in [7, 11) is 0. The van der Waals surface area contributed by atoms with Crippen LogP contribution >= 0.6 is 15.9 Å². The Labute approximate surface area is 122 Å². The van der Waals surface area contributed by atoms with Crippen molar-refractivity contribution in [2.24, 2.45) is 5.92 Å². The molecule has 0 aromatic heterocycles. The first-order valence-corrected chi connectivity index (χ1v) is 7.89. The number of benzene rings is 1. The lowest BCUT2D eigenvalue weighted by molar-refractivity contribution is -0.119. The maximum atomic E-state index is 11.9. The fourth-order valence-corrected chi connectivity index (χ4v) is 2.74. The van der Waals surface area contributed by atoms with Crippen molar-refractivity contribution in [1.82, 2.24) is 0 Å². The maximum absolute atomic E-state index is 11.9. The molecule has 4 heteroatoms. The number of carbonyl (C=O) groups is 1. The Bertz CT molecular complexity index is 413. The molecule has 0 spiro atoms. The van der Waals surface area contributed by atoms with E-state index in [-0.39, 0.29) is 5.91 Å². The molecule has 0 aliphatic heterocycles. The molecule has 1 aliphatic carbocycles. The van der Waals surface area contributed by atoms with Gasteiger partial charge in [-0.1, -0.05) is 28.1 Å². The highest BCUT2D eigenvalue weighted by atomic mass is 79.9. The number of hydrogen-bond acceptors (Lipinski definition) is 2. The third-order valence-electron chi connectivity index (χ3n) is 3.46. The van der Waals surface area contributed by atoms with Crippen LogP contribution in [-0.4, -0.2) is 18.6 Å². The normalized spacial score (nSPS) is 21.8. The van der Waals surface area contributed by atoms with Crippen LogP contribution in [-0.2, 0) is 14.9 Å². The van der Waals surface area contributed by atoms with Gasteiger partial charge in [-0.3, -0.25) is 4.79 Å². The zero-order valence-corrected chi connectivity index (χ0v) is 12.8. The van der Waals surface area contributed by atoms with E-state index < -0.39 is 0 Å². The minimum absolute atomic E-state index is 0.103. The molecule has 19 heavy (non-hydrogen) atoms. The molecule has 1 fully saturated rings. The summed E-state index contributed by atoms with van der Waals surface area (Å²) in [6.45, 7) is 2.78. The van der Waals surface area contributed by atoms with Crippen molar-refractivity contribution in [3.8, 4) is 0 Å². The second-order valence-corrected chi connectivity index (χ2v) is 5.56. The van der Waals surface area contributed by atoms with Gasteiger partial charge in [0, 0.05) is 24.0 Å². The summed E-state index contributed by atoms with van der Waals surface area (Å²) in [6, 6.07) is 7.91. The lowest BCUT2D eigenvalue weighted by atomic mass is 9.80. The topological polar surface area (TPSA) is 38.3 Å². The van der Waals surface area contributed by atoms with Crippen molar-refractivity contribution >= 4 is 27.5 Å². The van der Waals surface area contributed by atoms with Gasteiger partial charge in [-0.15, -0.1) is 0 Å². The van der Waals surface area contributed by atoms with Crippen LogP contribution in [0.4, 0.5) is 5.69 Å². The number of ether oxygens (including phenoxy) is 1. The average Bonchev–Trinajstić information content (AvgIpc) is 2.37. The first-order chi connectivity index (χ1) is 9.21. The fraction of sp³-hybridized carbons (Fsp3) is 0.533. The van der Waals surface area contributed by atoms with Crippen molar-refractivity contribution in [1.29, 1.82) is 0 Å². The maximum Gasteiger partial charge on any atom is 0.224 e. The van der Waals surface area contributed by atoms with Gasteiger partial charge in [0.25, 0.3) is 0 Å². The van der Waals surface area contributed by atoms with Gasteiger partial charge >= 0.3 is 0 Å². The molecule has 0 heterocycles. The third-order valence-corrected chi connectivity index (χ3v) is 4.11. The molecule has 1 aromatic carbocycles.